The summed E-state index contributed by atoms with van der Waals surface area (Å²) in [5, 5.41) is 0. The number of rotatable bonds is 4. The number of carbonyl (C=O) groups is 2. The van der Waals surface area contributed by atoms with E-state index in [0.717, 1.165) is 0 Å². The van der Waals surface area contributed by atoms with Crippen LogP contribution in [0.5, 0.6) is 0 Å². The lowest BCUT2D eigenvalue weighted by Crippen LogP contribution is -2.38. The van der Waals surface area contributed by atoms with Gasteiger partial charge in [-0.1, -0.05) is 0 Å². The summed E-state index contributed by atoms with van der Waals surface area (Å²) in [6.45, 7) is 11.4. The van der Waals surface area contributed by atoms with E-state index in [1.165, 1.54) is 0 Å². The van der Waals surface area contributed by atoms with Gasteiger partial charge in [-0.05, 0) is 60.3 Å². The summed E-state index contributed by atoms with van der Waals surface area (Å²) in [7, 11) is -3.77. The number of amides is 2. The number of hydrogen-bond donors (Lipinski definition) is 1. The topological polar surface area (TPSA) is 102 Å². The molecule has 1 saturated heterocycles. The summed E-state index contributed by atoms with van der Waals surface area (Å²) in [6.07, 6.45) is -0.294. The SMILES string of the molecule is CC(C)(C)OC(=O)NS(=O)(=O)CCC1CCN(C(=O)OC(C)(C)C)C1. The first-order chi connectivity index (χ1) is 11.2. The van der Waals surface area contributed by atoms with Gasteiger partial charge < -0.3 is 14.4 Å². The summed E-state index contributed by atoms with van der Waals surface area (Å²) in [6, 6.07) is 0. The molecule has 0 aromatic rings. The summed E-state index contributed by atoms with van der Waals surface area (Å²) in [4.78, 5) is 25.1. The Morgan fingerprint density at radius 2 is 1.64 bits per heavy atom. The van der Waals surface area contributed by atoms with E-state index in [2.05, 4.69) is 0 Å². The van der Waals surface area contributed by atoms with Crippen LogP contribution in [0.15, 0.2) is 0 Å². The highest BCUT2D eigenvalue weighted by Crippen LogP contribution is 2.22. The van der Waals surface area contributed by atoms with Crippen LogP contribution in [0.1, 0.15) is 54.4 Å². The van der Waals surface area contributed by atoms with Crippen molar-refractivity contribution in [1.29, 1.82) is 0 Å². The third-order valence-corrected chi connectivity index (χ3v) is 4.62. The molecule has 1 rings (SSSR count). The van der Waals surface area contributed by atoms with Crippen molar-refractivity contribution >= 4 is 22.2 Å². The molecule has 146 valence electrons. The maximum Gasteiger partial charge on any atom is 0.421 e. The van der Waals surface area contributed by atoms with Crippen molar-refractivity contribution in [1.82, 2.24) is 9.62 Å². The Kier molecular flexibility index (Phi) is 6.72. The minimum atomic E-state index is -3.77. The molecule has 1 unspecified atom stereocenters. The van der Waals surface area contributed by atoms with Crippen molar-refractivity contribution < 1.29 is 27.5 Å². The lowest BCUT2D eigenvalue weighted by Gasteiger charge is -2.24. The Labute approximate surface area is 150 Å². The predicted octanol–water partition coefficient (Wildman–Crippen LogP) is 2.49. The zero-order valence-electron chi connectivity index (χ0n) is 15.9. The van der Waals surface area contributed by atoms with Gasteiger partial charge in [0.1, 0.15) is 11.2 Å². The Morgan fingerprint density at radius 1 is 1.08 bits per heavy atom. The Balaban J connectivity index is 2.43. The summed E-state index contributed by atoms with van der Waals surface area (Å²) < 4.78 is 36.1. The fourth-order valence-electron chi connectivity index (χ4n) is 2.36. The van der Waals surface area contributed by atoms with E-state index < -0.39 is 27.3 Å². The molecule has 25 heavy (non-hydrogen) atoms. The minimum Gasteiger partial charge on any atom is -0.444 e. The van der Waals surface area contributed by atoms with Gasteiger partial charge in [0.05, 0.1) is 5.75 Å². The van der Waals surface area contributed by atoms with Gasteiger partial charge >= 0.3 is 12.2 Å². The zero-order chi connectivity index (χ0) is 19.5. The van der Waals surface area contributed by atoms with Gasteiger partial charge in [0.25, 0.3) is 0 Å². The second-order valence-corrected chi connectivity index (χ2v) is 10.1. The van der Waals surface area contributed by atoms with Crippen molar-refractivity contribution in [3.05, 3.63) is 0 Å². The van der Waals surface area contributed by atoms with Gasteiger partial charge in [0.15, 0.2) is 0 Å². The first kappa shape index (κ1) is 21.5. The van der Waals surface area contributed by atoms with E-state index in [1.807, 2.05) is 4.72 Å². The number of sulfonamides is 1. The molecule has 2 amide bonds. The molecule has 1 atom stereocenters. The van der Waals surface area contributed by atoms with Gasteiger partial charge in [-0.2, -0.15) is 0 Å². The maximum absolute atomic E-state index is 12.0. The Bertz CT molecular complexity index is 589. The first-order valence-corrected chi connectivity index (χ1v) is 10.0. The molecule has 1 N–H and O–H groups in total. The van der Waals surface area contributed by atoms with Crippen LogP contribution in [-0.2, 0) is 19.5 Å². The number of likely N-dealkylation sites (tertiary alicyclic amines) is 1. The molecule has 0 aromatic heterocycles. The van der Waals surface area contributed by atoms with E-state index in [-0.39, 0.29) is 17.8 Å². The fraction of sp³-hybridized carbons (Fsp3) is 0.875. The van der Waals surface area contributed by atoms with Gasteiger partial charge in [0, 0.05) is 13.1 Å². The second-order valence-electron chi connectivity index (χ2n) is 8.29. The third-order valence-electron chi connectivity index (χ3n) is 3.37. The maximum atomic E-state index is 12.0. The normalized spacial score (nSPS) is 18.8. The average Bonchev–Trinajstić information content (AvgIpc) is 2.79. The summed E-state index contributed by atoms with van der Waals surface area (Å²) in [5.41, 5.74) is -1.32. The molecule has 0 radical (unpaired) electrons. The van der Waals surface area contributed by atoms with Crippen LogP contribution in [0.4, 0.5) is 9.59 Å². The van der Waals surface area contributed by atoms with Crippen molar-refractivity contribution in [2.75, 3.05) is 18.8 Å². The van der Waals surface area contributed by atoms with Crippen LogP contribution in [0.2, 0.25) is 0 Å². The molecular weight excluding hydrogens is 348 g/mol. The number of nitrogens with zero attached hydrogens (tertiary/aromatic N) is 1. The van der Waals surface area contributed by atoms with Crippen LogP contribution in [-0.4, -0.2) is 55.5 Å². The van der Waals surface area contributed by atoms with Gasteiger partial charge in [-0.15, -0.1) is 0 Å². The lowest BCUT2D eigenvalue weighted by molar-refractivity contribution is 0.0287. The summed E-state index contributed by atoms with van der Waals surface area (Å²) >= 11 is 0. The highest BCUT2D eigenvalue weighted by Gasteiger charge is 2.31. The Hall–Kier alpha value is -1.51. The second kappa shape index (κ2) is 7.80. The standard InChI is InChI=1S/C16H30N2O6S/c1-15(2,3)23-13(19)17-25(21,22)10-8-12-7-9-18(11-12)14(20)24-16(4,5)6/h12H,7-11H2,1-6H3,(H,17,19). The molecule has 0 aliphatic carbocycles. The van der Waals surface area contributed by atoms with E-state index in [4.69, 9.17) is 9.47 Å². The van der Waals surface area contributed by atoms with E-state index in [9.17, 15) is 18.0 Å². The quantitative estimate of drug-likeness (QED) is 0.806. The molecule has 1 aliphatic heterocycles. The van der Waals surface area contributed by atoms with Gasteiger partial charge in [0.2, 0.25) is 10.0 Å². The van der Waals surface area contributed by atoms with E-state index in [1.54, 1.807) is 46.4 Å². The van der Waals surface area contributed by atoms with Crippen LogP contribution in [0.3, 0.4) is 0 Å². The molecule has 0 spiro atoms. The molecule has 8 nitrogen and oxygen atoms in total. The fourth-order valence-corrected chi connectivity index (χ4v) is 3.40. The first-order valence-electron chi connectivity index (χ1n) is 8.38. The molecule has 1 fully saturated rings. The number of nitrogens with one attached hydrogen (secondary N) is 1. The average molecular weight is 378 g/mol. The molecule has 0 saturated carbocycles. The minimum absolute atomic E-state index is 0.0581. The molecule has 9 heteroatoms. The van der Waals surface area contributed by atoms with Crippen molar-refractivity contribution in [2.24, 2.45) is 5.92 Å². The highest BCUT2D eigenvalue weighted by atomic mass is 32.2. The Morgan fingerprint density at radius 3 is 2.16 bits per heavy atom. The zero-order valence-corrected chi connectivity index (χ0v) is 16.7. The largest absolute Gasteiger partial charge is 0.444 e. The highest BCUT2D eigenvalue weighted by molar-refractivity contribution is 7.90. The van der Waals surface area contributed by atoms with Crippen molar-refractivity contribution in [2.45, 2.75) is 65.6 Å². The molecule has 1 aliphatic rings. The molecule has 0 aromatic carbocycles. The third kappa shape index (κ3) is 8.94. The number of hydrogen-bond acceptors (Lipinski definition) is 6. The number of ether oxygens (including phenoxy) is 2. The molecule has 0 bridgehead atoms. The van der Waals surface area contributed by atoms with Crippen LogP contribution in [0.25, 0.3) is 0 Å². The molecule has 1 heterocycles. The molecular formula is C16H30N2O6S. The van der Waals surface area contributed by atoms with Gasteiger partial charge in [-0.3, -0.25) is 0 Å². The van der Waals surface area contributed by atoms with Crippen LogP contribution >= 0.6 is 0 Å². The van der Waals surface area contributed by atoms with Crippen molar-refractivity contribution in [3.8, 4) is 0 Å². The lowest BCUT2D eigenvalue weighted by atomic mass is 10.1. The monoisotopic (exact) mass is 378 g/mol. The summed E-state index contributed by atoms with van der Waals surface area (Å²) in [5.74, 6) is -0.137. The van der Waals surface area contributed by atoms with Crippen molar-refractivity contribution in [3.63, 3.8) is 0 Å². The van der Waals surface area contributed by atoms with Gasteiger partial charge in [-0.25, -0.2) is 22.7 Å². The smallest absolute Gasteiger partial charge is 0.421 e. The van der Waals surface area contributed by atoms with E-state index >= 15 is 0 Å². The van der Waals surface area contributed by atoms with Crippen LogP contribution in [0, 0.1) is 5.92 Å². The predicted molar refractivity (Wildman–Crippen MR) is 93.7 cm³/mol. The number of carbonyl (C=O) groups excluding carboxylic acids is 2. The van der Waals surface area contributed by atoms with Crippen LogP contribution < -0.4 is 4.72 Å². The van der Waals surface area contributed by atoms with E-state index in [0.29, 0.717) is 25.9 Å².